The van der Waals surface area contributed by atoms with Crippen LogP contribution in [-0.2, 0) is 0 Å². The molecule has 0 saturated heterocycles. The van der Waals surface area contributed by atoms with Crippen molar-refractivity contribution < 1.29 is 23.8 Å². The number of hydrogen-bond donors (Lipinski definition) is 2. The van der Waals surface area contributed by atoms with E-state index in [1.165, 1.54) is 12.5 Å². The van der Waals surface area contributed by atoms with E-state index in [1.54, 1.807) is 12.2 Å². The lowest BCUT2D eigenvalue weighted by molar-refractivity contribution is 0.137. The molecule has 0 aliphatic heterocycles. The zero-order chi connectivity index (χ0) is 11.4. The highest BCUT2D eigenvalue weighted by Gasteiger charge is 1.77. The molecule has 0 saturated carbocycles. The highest BCUT2D eigenvalue weighted by molar-refractivity contribution is 5.53. The molecule has 0 spiro atoms. The molecule has 14 heavy (non-hydrogen) atoms. The Balaban J connectivity index is 0. The molecule has 0 amide bonds. The average molecular weight is 202 g/mol. The lowest BCUT2D eigenvalue weighted by Crippen LogP contribution is -1.83. The third-order valence-corrected chi connectivity index (χ3v) is 0.551. The van der Waals surface area contributed by atoms with Crippen molar-refractivity contribution >= 4 is 6.16 Å². The van der Waals surface area contributed by atoms with Crippen LogP contribution in [0, 0.1) is 0 Å². The Kier molecular flexibility index (Phi) is 11.0. The van der Waals surface area contributed by atoms with Crippen LogP contribution >= 0.6 is 0 Å². The molecule has 1 rings (SSSR count). The van der Waals surface area contributed by atoms with Gasteiger partial charge in [-0.2, -0.15) is 0 Å². The van der Waals surface area contributed by atoms with E-state index in [2.05, 4.69) is 22.0 Å². The molecule has 2 N–H and O–H groups in total. The van der Waals surface area contributed by atoms with Gasteiger partial charge < -0.3 is 19.0 Å². The zero-order valence-electron chi connectivity index (χ0n) is 7.25. The van der Waals surface area contributed by atoms with Crippen molar-refractivity contribution in [2.75, 3.05) is 0 Å². The van der Waals surface area contributed by atoms with Crippen molar-refractivity contribution in [2.45, 2.75) is 0 Å². The van der Waals surface area contributed by atoms with Crippen LogP contribution in [0.25, 0.3) is 0 Å². The third-order valence-electron chi connectivity index (χ3n) is 0.551. The first-order valence-electron chi connectivity index (χ1n) is 3.22. The molecule has 0 aromatic carbocycles. The van der Waals surface area contributed by atoms with Crippen molar-refractivity contribution in [2.24, 2.45) is 0 Å². The summed E-state index contributed by atoms with van der Waals surface area (Å²) in [5.41, 5.74) is 0. The van der Waals surface area contributed by atoms with E-state index in [1.807, 2.05) is 0 Å². The summed E-state index contributed by atoms with van der Waals surface area (Å²) >= 11 is 0. The Bertz CT molecular complexity index is 281. The standard InChI is InChI=1S/C4H6.C3H2O3.CH2O3/c1-3-4-2;4-3-5-1-2-6-3;2-1(3)4/h3-4H,1-2H2;1-2H;(H2,2,3,4). The molecular formula is C8H10O6. The smallest absolute Gasteiger partial charge is 0.450 e. The van der Waals surface area contributed by atoms with Gasteiger partial charge in [0.1, 0.15) is 12.5 Å². The molecule has 0 fully saturated rings. The second kappa shape index (κ2) is 10.8. The summed E-state index contributed by atoms with van der Waals surface area (Å²) in [6, 6.07) is 0. The fourth-order valence-corrected chi connectivity index (χ4v) is 0.194. The van der Waals surface area contributed by atoms with Crippen molar-refractivity contribution in [3.8, 4) is 0 Å². The zero-order valence-corrected chi connectivity index (χ0v) is 7.25. The fourth-order valence-electron chi connectivity index (χ4n) is 0.194. The van der Waals surface area contributed by atoms with Crippen LogP contribution in [0.2, 0.25) is 0 Å². The van der Waals surface area contributed by atoms with E-state index in [9.17, 15) is 4.79 Å². The Hall–Kier alpha value is -2.24. The predicted molar refractivity (Wildman–Crippen MR) is 48.3 cm³/mol. The van der Waals surface area contributed by atoms with Gasteiger partial charge in [0.25, 0.3) is 0 Å². The predicted octanol–water partition coefficient (Wildman–Crippen LogP) is 1.81. The molecular weight excluding hydrogens is 192 g/mol. The average Bonchev–Trinajstić information content (AvgIpc) is 2.55. The summed E-state index contributed by atoms with van der Waals surface area (Å²) in [7, 11) is 0. The minimum absolute atomic E-state index is 0.657. The van der Waals surface area contributed by atoms with Gasteiger partial charge in [-0.3, -0.25) is 0 Å². The number of allylic oxidation sites excluding steroid dienone is 2. The largest absolute Gasteiger partial charge is 0.518 e. The van der Waals surface area contributed by atoms with E-state index in [0.717, 1.165) is 0 Å². The molecule has 1 aromatic heterocycles. The van der Waals surface area contributed by atoms with Crippen LogP contribution in [-0.4, -0.2) is 16.4 Å². The maximum atomic E-state index is 9.74. The number of hydrogen-bond acceptors (Lipinski definition) is 4. The second-order valence-electron chi connectivity index (χ2n) is 1.51. The lowest BCUT2D eigenvalue weighted by atomic mass is 10.6. The van der Waals surface area contributed by atoms with Gasteiger partial charge in [-0.25, -0.2) is 9.59 Å². The molecule has 0 atom stereocenters. The molecule has 6 heteroatoms. The van der Waals surface area contributed by atoms with E-state index < -0.39 is 12.0 Å². The molecule has 0 radical (unpaired) electrons. The summed E-state index contributed by atoms with van der Waals surface area (Å²) in [5.74, 6) is -0.657. The van der Waals surface area contributed by atoms with Gasteiger partial charge in [-0.15, -0.1) is 0 Å². The molecule has 0 bridgehead atoms. The van der Waals surface area contributed by atoms with Gasteiger partial charge in [0, 0.05) is 0 Å². The molecule has 1 heterocycles. The molecule has 6 nitrogen and oxygen atoms in total. The van der Waals surface area contributed by atoms with Gasteiger partial charge in [0.15, 0.2) is 0 Å². The monoisotopic (exact) mass is 202 g/mol. The lowest BCUT2D eigenvalue weighted by Gasteiger charge is -1.60. The fraction of sp³-hybridized carbons (Fsp3) is 0. The minimum atomic E-state index is -1.83. The number of carboxylic acid groups (broad SMARTS) is 2. The van der Waals surface area contributed by atoms with E-state index >= 15 is 0 Å². The molecule has 0 aliphatic rings. The van der Waals surface area contributed by atoms with Crippen LogP contribution in [0.5, 0.6) is 0 Å². The van der Waals surface area contributed by atoms with Gasteiger partial charge in [-0.1, -0.05) is 25.3 Å². The van der Waals surface area contributed by atoms with E-state index in [4.69, 9.17) is 15.0 Å². The Morgan fingerprint density at radius 2 is 1.50 bits per heavy atom. The van der Waals surface area contributed by atoms with Crippen molar-refractivity contribution in [1.29, 1.82) is 0 Å². The Labute approximate surface area is 79.4 Å². The quantitative estimate of drug-likeness (QED) is 0.673. The molecule has 78 valence electrons. The van der Waals surface area contributed by atoms with E-state index in [-0.39, 0.29) is 0 Å². The molecule has 0 unspecified atom stereocenters. The van der Waals surface area contributed by atoms with Crippen molar-refractivity contribution in [3.05, 3.63) is 48.5 Å². The first-order chi connectivity index (χ1) is 6.54. The molecule has 1 aromatic rings. The van der Waals surface area contributed by atoms with Gasteiger partial charge in [-0.05, 0) is 0 Å². The van der Waals surface area contributed by atoms with Gasteiger partial charge >= 0.3 is 12.0 Å². The molecule has 0 aliphatic carbocycles. The Morgan fingerprint density at radius 1 is 1.21 bits per heavy atom. The van der Waals surface area contributed by atoms with Crippen molar-refractivity contribution in [3.63, 3.8) is 0 Å². The SMILES string of the molecule is C=CC=C.O=C(O)O.O=c1occo1. The minimum Gasteiger partial charge on any atom is -0.450 e. The Morgan fingerprint density at radius 3 is 1.57 bits per heavy atom. The van der Waals surface area contributed by atoms with Crippen LogP contribution in [0.4, 0.5) is 4.79 Å². The topological polar surface area (TPSA) is 101 Å². The highest BCUT2D eigenvalue weighted by Crippen LogP contribution is 1.70. The summed E-state index contributed by atoms with van der Waals surface area (Å²) in [6.45, 7) is 6.72. The van der Waals surface area contributed by atoms with Crippen LogP contribution in [0.1, 0.15) is 0 Å². The second-order valence-corrected chi connectivity index (χ2v) is 1.51. The van der Waals surface area contributed by atoms with Gasteiger partial charge in [0.05, 0.1) is 0 Å². The van der Waals surface area contributed by atoms with E-state index in [0.29, 0.717) is 0 Å². The summed E-state index contributed by atoms with van der Waals surface area (Å²) in [6.07, 6.45) is 3.81. The van der Waals surface area contributed by atoms with Gasteiger partial charge in [0.2, 0.25) is 0 Å². The van der Waals surface area contributed by atoms with Crippen LogP contribution in [0.3, 0.4) is 0 Å². The number of rotatable bonds is 1. The highest BCUT2D eigenvalue weighted by atomic mass is 16.6. The summed E-state index contributed by atoms with van der Waals surface area (Å²) in [5, 5.41) is 13.9. The van der Waals surface area contributed by atoms with Crippen LogP contribution < -0.4 is 5.82 Å². The normalized spacial score (nSPS) is 6.86. The maximum absolute atomic E-state index is 9.74. The maximum Gasteiger partial charge on any atom is 0.518 e. The third kappa shape index (κ3) is 22.6. The summed E-state index contributed by atoms with van der Waals surface area (Å²) < 4.78 is 8.22. The first kappa shape index (κ1) is 14.3. The van der Waals surface area contributed by atoms with Crippen LogP contribution in [0.15, 0.2) is 51.5 Å². The first-order valence-corrected chi connectivity index (χ1v) is 3.22. The summed E-state index contributed by atoms with van der Waals surface area (Å²) in [4.78, 5) is 18.3. The van der Waals surface area contributed by atoms with Crippen molar-refractivity contribution in [1.82, 2.24) is 0 Å². The number of carbonyl (C=O) groups is 1.